The van der Waals surface area contributed by atoms with Crippen molar-refractivity contribution in [1.29, 1.82) is 0 Å². The summed E-state index contributed by atoms with van der Waals surface area (Å²) in [5.41, 5.74) is 1.22. The molecule has 1 heterocycles. The summed E-state index contributed by atoms with van der Waals surface area (Å²) >= 11 is 17.7. The minimum Gasteiger partial charge on any atom is -0.333 e. The molecule has 1 aromatic heterocycles. The highest BCUT2D eigenvalue weighted by atomic mass is 35.5. The lowest BCUT2D eigenvalue weighted by molar-refractivity contribution is -0.132. The maximum atomic E-state index is 12.5. The van der Waals surface area contributed by atoms with Gasteiger partial charge in [-0.1, -0.05) is 44.0 Å². The van der Waals surface area contributed by atoms with Gasteiger partial charge in [0, 0.05) is 18.0 Å². The first-order chi connectivity index (χ1) is 13.1. The summed E-state index contributed by atoms with van der Waals surface area (Å²) in [5.74, 6) is -0.339. The highest BCUT2D eigenvalue weighted by molar-refractivity contribution is 6.42. The van der Waals surface area contributed by atoms with E-state index < -0.39 is 0 Å². The van der Waals surface area contributed by atoms with Crippen LogP contribution < -0.4 is 5.32 Å². The zero-order valence-corrected chi connectivity index (χ0v) is 18.5. The van der Waals surface area contributed by atoms with E-state index in [2.05, 4.69) is 10.4 Å². The van der Waals surface area contributed by atoms with Gasteiger partial charge in [0.15, 0.2) is 0 Å². The number of nitrogens with zero attached hydrogens (tertiary/aromatic N) is 3. The molecule has 1 aromatic carbocycles. The average Bonchev–Trinajstić information content (AvgIpc) is 3.05. The number of carbonyl (C=O) groups is 2. The van der Waals surface area contributed by atoms with Gasteiger partial charge < -0.3 is 10.2 Å². The molecule has 0 bridgehead atoms. The van der Waals surface area contributed by atoms with E-state index in [0.717, 1.165) is 5.69 Å². The zero-order chi connectivity index (χ0) is 21.1. The van der Waals surface area contributed by atoms with E-state index in [4.69, 9.17) is 34.8 Å². The quantitative estimate of drug-likeness (QED) is 0.666. The number of amides is 2. The minimum absolute atomic E-state index is 0.0978. The number of rotatable bonds is 6. The van der Waals surface area contributed by atoms with Crippen molar-refractivity contribution in [1.82, 2.24) is 14.7 Å². The Labute approximate surface area is 179 Å². The summed E-state index contributed by atoms with van der Waals surface area (Å²) in [6.07, 6.45) is 0. The molecular formula is C19H23Cl3N4O2. The van der Waals surface area contributed by atoms with Crippen LogP contribution in [0.25, 0.3) is 5.69 Å². The van der Waals surface area contributed by atoms with E-state index in [1.165, 1.54) is 4.90 Å². The van der Waals surface area contributed by atoms with Crippen molar-refractivity contribution < 1.29 is 9.59 Å². The molecule has 9 heteroatoms. The number of nitrogens with one attached hydrogen (secondary N) is 1. The maximum Gasteiger partial charge on any atom is 0.245 e. The van der Waals surface area contributed by atoms with Crippen LogP contribution in [0.1, 0.15) is 33.4 Å². The van der Waals surface area contributed by atoms with Gasteiger partial charge in [0.2, 0.25) is 11.8 Å². The molecule has 0 spiro atoms. The highest BCUT2D eigenvalue weighted by Gasteiger charge is 2.23. The van der Waals surface area contributed by atoms with Gasteiger partial charge in [0.25, 0.3) is 0 Å². The lowest BCUT2D eigenvalue weighted by Gasteiger charge is -2.19. The fourth-order valence-corrected chi connectivity index (χ4v) is 2.93. The molecule has 2 rings (SSSR count). The second kappa shape index (κ2) is 9.16. The van der Waals surface area contributed by atoms with Crippen molar-refractivity contribution >= 4 is 52.4 Å². The SMILES string of the molecule is CCN(CC(=O)Nc1cc(C(C)(C)C)nn1-c1ccc(Cl)c(Cl)c1)C(=O)CCl. The molecule has 2 amide bonds. The smallest absolute Gasteiger partial charge is 0.245 e. The number of hydrogen-bond donors (Lipinski definition) is 1. The van der Waals surface area contributed by atoms with Gasteiger partial charge in [-0.3, -0.25) is 9.59 Å². The average molecular weight is 446 g/mol. The summed E-state index contributed by atoms with van der Waals surface area (Å²) in [7, 11) is 0. The number of halogens is 3. The number of anilines is 1. The van der Waals surface area contributed by atoms with Crippen LogP contribution >= 0.6 is 34.8 Å². The van der Waals surface area contributed by atoms with Crippen molar-refractivity contribution in [2.75, 3.05) is 24.3 Å². The summed E-state index contributed by atoms with van der Waals surface area (Å²) in [4.78, 5) is 25.7. The third-order valence-electron chi connectivity index (χ3n) is 4.08. The maximum absolute atomic E-state index is 12.5. The fraction of sp³-hybridized carbons (Fsp3) is 0.421. The Hall–Kier alpha value is -1.76. The number of alkyl halides is 1. The van der Waals surface area contributed by atoms with Gasteiger partial charge in [-0.15, -0.1) is 11.6 Å². The first-order valence-electron chi connectivity index (χ1n) is 8.76. The van der Waals surface area contributed by atoms with Crippen LogP contribution in [0.5, 0.6) is 0 Å². The van der Waals surface area contributed by atoms with Crippen LogP contribution in [0, 0.1) is 0 Å². The molecule has 152 valence electrons. The molecule has 0 fully saturated rings. The van der Waals surface area contributed by atoms with Crippen molar-refractivity contribution in [2.24, 2.45) is 0 Å². The molecule has 0 aliphatic heterocycles. The van der Waals surface area contributed by atoms with Crippen LogP contribution in [-0.4, -0.2) is 45.5 Å². The summed E-state index contributed by atoms with van der Waals surface area (Å²) in [6, 6.07) is 6.91. The predicted molar refractivity (Wildman–Crippen MR) is 114 cm³/mol. The van der Waals surface area contributed by atoms with Gasteiger partial charge in [0.05, 0.1) is 28.0 Å². The van der Waals surface area contributed by atoms with Crippen molar-refractivity contribution in [2.45, 2.75) is 33.1 Å². The van der Waals surface area contributed by atoms with Crippen molar-refractivity contribution in [3.8, 4) is 5.69 Å². The van der Waals surface area contributed by atoms with Gasteiger partial charge in [-0.25, -0.2) is 4.68 Å². The third kappa shape index (κ3) is 5.40. The van der Waals surface area contributed by atoms with Crippen LogP contribution in [0.2, 0.25) is 10.0 Å². The highest BCUT2D eigenvalue weighted by Crippen LogP contribution is 2.29. The molecule has 0 saturated heterocycles. The Morgan fingerprint density at radius 1 is 1.18 bits per heavy atom. The van der Waals surface area contributed by atoms with E-state index >= 15 is 0 Å². The van der Waals surface area contributed by atoms with E-state index in [1.807, 2.05) is 20.8 Å². The lowest BCUT2D eigenvalue weighted by atomic mass is 9.92. The molecule has 0 aliphatic rings. The molecule has 0 unspecified atom stereocenters. The molecular weight excluding hydrogens is 423 g/mol. The molecule has 0 aliphatic carbocycles. The number of likely N-dealkylation sites (N-methyl/N-ethyl adjacent to an activating group) is 1. The molecule has 0 atom stereocenters. The van der Waals surface area contributed by atoms with Crippen molar-refractivity contribution in [3.63, 3.8) is 0 Å². The topological polar surface area (TPSA) is 67.2 Å². The first kappa shape index (κ1) is 22.5. The van der Waals surface area contributed by atoms with Crippen molar-refractivity contribution in [3.05, 3.63) is 40.0 Å². The summed E-state index contributed by atoms with van der Waals surface area (Å²) in [5, 5.41) is 8.26. The van der Waals surface area contributed by atoms with Gasteiger partial charge in [-0.2, -0.15) is 5.10 Å². The van der Waals surface area contributed by atoms with Gasteiger partial charge in [-0.05, 0) is 25.1 Å². The largest absolute Gasteiger partial charge is 0.333 e. The summed E-state index contributed by atoms with van der Waals surface area (Å²) in [6.45, 7) is 8.15. The van der Waals surface area contributed by atoms with Crippen LogP contribution in [-0.2, 0) is 15.0 Å². The predicted octanol–water partition coefficient (Wildman–Crippen LogP) is 4.50. The Morgan fingerprint density at radius 3 is 2.39 bits per heavy atom. The van der Waals surface area contributed by atoms with E-state index in [0.29, 0.717) is 28.1 Å². The minimum atomic E-state index is -0.345. The fourth-order valence-electron chi connectivity index (χ4n) is 2.47. The Balaban J connectivity index is 2.36. The molecule has 28 heavy (non-hydrogen) atoms. The molecule has 0 radical (unpaired) electrons. The monoisotopic (exact) mass is 444 g/mol. The molecule has 1 N–H and O–H groups in total. The molecule has 0 saturated carbocycles. The van der Waals surface area contributed by atoms with E-state index in [1.54, 1.807) is 35.9 Å². The Bertz CT molecular complexity index is 875. The van der Waals surface area contributed by atoms with Gasteiger partial charge >= 0.3 is 0 Å². The van der Waals surface area contributed by atoms with Crippen LogP contribution in [0.4, 0.5) is 5.82 Å². The standard InChI is InChI=1S/C19H23Cl3N4O2/c1-5-25(18(28)10-20)11-17(27)23-16-9-15(19(2,3)4)24-26(16)12-6-7-13(21)14(22)8-12/h6-9H,5,10-11H2,1-4H3,(H,23,27). The number of carbonyl (C=O) groups excluding carboxylic acids is 2. The number of hydrogen-bond acceptors (Lipinski definition) is 3. The number of benzene rings is 1. The Kier molecular flexibility index (Phi) is 7.37. The lowest BCUT2D eigenvalue weighted by Crippen LogP contribution is -2.38. The molecule has 2 aromatic rings. The van der Waals surface area contributed by atoms with Crippen LogP contribution in [0.3, 0.4) is 0 Å². The van der Waals surface area contributed by atoms with E-state index in [9.17, 15) is 9.59 Å². The Morgan fingerprint density at radius 2 is 1.86 bits per heavy atom. The second-order valence-corrected chi connectivity index (χ2v) is 8.35. The third-order valence-corrected chi connectivity index (χ3v) is 5.04. The summed E-state index contributed by atoms with van der Waals surface area (Å²) < 4.78 is 1.60. The zero-order valence-electron chi connectivity index (χ0n) is 16.2. The molecule has 6 nitrogen and oxygen atoms in total. The first-order valence-corrected chi connectivity index (χ1v) is 10.1. The van der Waals surface area contributed by atoms with E-state index in [-0.39, 0.29) is 29.7 Å². The second-order valence-electron chi connectivity index (χ2n) is 7.26. The van der Waals surface area contributed by atoms with Crippen LogP contribution in [0.15, 0.2) is 24.3 Å². The van der Waals surface area contributed by atoms with Gasteiger partial charge in [0.1, 0.15) is 11.7 Å². The normalized spacial score (nSPS) is 11.4. The number of aromatic nitrogens is 2.